The smallest absolute Gasteiger partial charge is 0.339 e. The molecule has 0 aliphatic rings. The van der Waals surface area contributed by atoms with E-state index in [1.54, 1.807) is 6.07 Å². The topological polar surface area (TPSA) is 74.0 Å². The van der Waals surface area contributed by atoms with Gasteiger partial charge in [-0.2, -0.15) is 5.26 Å². The number of hydrogen-bond donors (Lipinski definition) is 1. The normalized spacial score (nSPS) is 10.2. The highest BCUT2D eigenvalue weighted by Gasteiger charge is 2.25. The maximum absolute atomic E-state index is 12.5. The molecule has 0 amide bonds. The second kappa shape index (κ2) is 4.86. The molecule has 0 fully saturated rings. The van der Waals surface area contributed by atoms with Crippen LogP contribution < -0.4 is 0 Å². The average molecular weight is 247 g/mol. The molecular formula is C9H5ClF2N2O2. The molecule has 1 N–H and O–H groups in total. The SMILES string of the molecule is N#Cc1c(CCl)cnc(C(F)F)c1C(=O)O. The van der Waals surface area contributed by atoms with Crippen LogP contribution in [0, 0.1) is 11.3 Å². The summed E-state index contributed by atoms with van der Waals surface area (Å²) in [5.41, 5.74) is -1.95. The van der Waals surface area contributed by atoms with Crippen molar-refractivity contribution in [3.63, 3.8) is 0 Å². The maximum atomic E-state index is 12.5. The fourth-order valence-corrected chi connectivity index (χ4v) is 1.38. The highest BCUT2D eigenvalue weighted by atomic mass is 35.5. The van der Waals surface area contributed by atoms with Crippen molar-refractivity contribution in [2.75, 3.05) is 0 Å². The van der Waals surface area contributed by atoms with Gasteiger partial charge in [-0.15, -0.1) is 11.6 Å². The molecule has 0 aliphatic heterocycles. The van der Waals surface area contributed by atoms with Gasteiger partial charge in [0.1, 0.15) is 17.3 Å². The Balaban J connectivity index is 3.59. The van der Waals surface area contributed by atoms with Crippen LogP contribution in [0.15, 0.2) is 6.20 Å². The van der Waals surface area contributed by atoms with Crippen molar-refractivity contribution in [2.24, 2.45) is 0 Å². The molecule has 0 aromatic carbocycles. The third-order valence-corrected chi connectivity index (χ3v) is 2.15. The molecule has 0 saturated heterocycles. The predicted octanol–water partition coefficient (Wildman–Crippen LogP) is 2.33. The predicted molar refractivity (Wildman–Crippen MR) is 50.4 cm³/mol. The van der Waals surface area contributed by atoms with Crippen molar-refractivity contribution < 1.29 is 18.7 Å². The van der Waals surface area contributed by atoms with Crippen LogP contribution in [0.25, 0.3) is 0 Å². The highest BCUT2D eigenvalue weighted by Crippen LogP contribution is 2.25. The molecule has 1 aromatic heterocycles. The third-order valence-electron chi connectivity index (χ3n) is 1.86. The molecule has 0 saturated carbocycles. The summed E-state index contributed by atoms with van der Waals surface area (Å²) in [5, 5.41) is 17.5. The Kier molecular flexibility index (Phi) is 3.74. The van der Waals surface area contributed by atoms with Crippen molar-refractivity contribution >= 4 is 17.6 Å². The Morgan fingerprint density at radius 2 is 2.31 bits per heavy atom. The van der Waals surface area contributed by atoms with Crippen molar-refractivity contribution in [1.82, 2.24) is 4.98 Å². The number of nitrogens with zero attached hydrogens (tertiary/aromatic N) is 2. The van der Waals surface area contributed by atoms with Crippen LogP contribution in [0.2, 0.25) is 0 Å². The molecule has 4 nitrogen and oxygen atoms in total. The first-order valence-electron chi connectivity index (χ1n) is 4.02. The molecule has 1 aromatic rings. The van der Waals surface area contributed by atoms with Crippen LogP contribution in [-0.4, -0.2) is 16.1 Å². The van der Waals surface area contributed by atoms with Gasteiger partial charge in [0.2, 0.25) is 0 Å². The lowest BCUT2D eigenvalue weighted by atomic mass is 10.0. The van der Waals surface area contributed by atoms with Crippen LogP contribution in [0.5, 0.6) is 0 Å². The number of aromatic nitrogens is 1. The van der Waals surface area contributed by atoms with E-state index in [0.29, 0.717) is 0 Å². The first kappa shape index (κ1) is 12.3. The fourth-order valence-electron chi connectivity index (χ4n) is 1.18. The van der Waals surface area contributed by atoms with E-state index in [-0.39, 0.29) is 17.0 Å². The number of carboxylic acid groups (broad SMARTS) is 1. The molecule has 7 heteroatoms. The number of carbonyl (C=O) groups is 1. The van der Waals surface area contributed by atoms with E-state index in [2.05, 4.69) is 4.98 Å². The Labute approximate surface area is 94.1 Å². The van der Waals surface area contributed by atoms with Gasteiger partial charge in [-0.1, -0.05) is 0 Å². The van der Waals surface area contributed by atoms with Crippen molar-refractivity contribution in [1.29, 1.82) is 5.26 Å². The monoisotopic (exact) mass is 246 g/mol. The molecule has 1 heterocycles. The second-order valence-electron chi connectivity index (χ2n) is 2.77. The van der Waals surface area contributed by atoms with Gasteiger partial charge in [-0.25, -0.2) is 13.6 Å². The lowest BCUT2D eigenvalue weighted by molar-refractivity contribution is 0.0681. The molecule has 0 aliphatic carbocycles. The van der Waals surface area contributed by atoms with Gasteiger partial charge in [0, 0.05) is 11.8 Å². The van der Waals surface area contributed by atoms with Gasteiger partial charge in [0.25, 0.3) is 6.43 Å². The fraction of sp³-hybridized carbons (Fsp3) is 0.222. The maximum Gasteiger partial charge on any atom is 0.339 e. The summed E-state index contributed by atoms with van der Waals surface area (Å²) in [5.74, 6) is -1.79. The number of nitriles is 1. The molecule has 16 heavy (non-hydrogen) atoms. The number of hydrogen-bond acceptors (Lipinski definition) is 3. The highest BCUT2D eigenvalue weighted by molar-refractivity contribution is 6.17. The van der Waals surface area contributed by atoms with Gasteiger partial charge in [0.05, 0.1) is 11.4 Å². The molecule has 84 valence electrons. The number of alkyl halides is 3. The first-order chi connectivity index (χ1) is 7.52. The van der Waals surface area contributed by atoms with Crippen LogP contribution in [0.1, 0.15) is 33.6 Å². The number of aromatic carboxylic acids is 1. The van der Waals surface area contributed by atoms with Gasteiger partial charge >= 0.3 is 5.97 Å². The number of carboxylic acids is 1. The summed E-state index contributed by atoms with van der Waals surface area (Å²) in [6, 6.07) is 1.55. The Hall–Kier alpha value is -1.74. The van der Waals surface area contributed by atoms with Gasteiger partial charge in [0.15, 0.2) is 0 Å². The Morgan fingerprint density at radius 3 is 2.69 bits per heavy atom. The van der Waals surface area contributed by atoms with Crippen molar-refractivity contribution in [2.45, 2.75) is 12.3 Å². The zero-order valence-corrected chi connectivity index (χ0v) is 8.50. The third kappa shape index (κ3) is 2.09. The van der Waals surface area contributed by atoms with Crippen LogP contribution in [0.3, 0.4) is 0 Å². The van der Waals surface area contributed by atoms with E-state index in [4.69, 9.17) is 22.0 Å². The van der Waals surface area contributed by atoms with E-state index >= 15 is 0 Å². The molecule has 1 rings (SSSR count). The summed E-state index contributed by atoms with van der Waals surface area (Å²) in [4.78, 5) is 14.1. The van der Waals surface area contributed by atoms with E-state index in [0.717, 1.165) is 6.20 Å². The molecule has 0 spiro atoms. The van der Waals surface area contributed by atoms with E-state index in [9.17, 15) is 13.6 Å². The first-order valence-corrected chi connectivity index (χ1v) is 4.55. The summed E-state index contributed by atoms with van der Waals surface area (Å²) in [7, 11) is 0. The summed E-state index contributed by atoms with van der Waals surface area (Å²) in [6.45, 7) is 0. The number of halogens is 3. The zero-order valence-electron chi connectivity index (χ0n) is 7.75. The minimum atomic E-state index is -3.05. The van der Waals surface area contributed by atoms with Crippen LogP contribution in [0.4, 0.5) is 8.78 Å². The van der Waals surface area contributed by atoms with Crippen LogP contribution in [-0.2, 0) is 5.88 Å². The van der Waals surface area contributed by atoms with Gasteiger partial charge in [-0.05, 0) is 0 Å². The van der Waals surface area contributed by atoms with E-state index < -0.39 is 23.7 Å². The summed E-state index contributed by atoms with van der Waals surface area (Å²) < 4.78 is 24.9. The van der Waals surface area contributed by atoms with Gasteiger partial charge in [-0.3, -0.25) is 4.98 Å². The largest absolute Gasteiger partial charge is 0.478 e. The summed E-state index contributed by atoms with van der Waals surface area (Å²) >= 11 is 5.45. The average Bonchev–Trinajstić information content (AvgIpc) is 2.26. The molecule has 0 atom stereocenters. The quantitative estimate of drug-likeness (QED) is 0.831. The minimum Gasteiger partial charge on any atom is -0.478 e. The second-order valence-corrected chi connectivity index (χ2v) is 3.04. The standard InChI is InChI=1S/C9H5ClF2N2O2/c10-1-4-3-14-7(8(11)12)6(9(15)16)5(4)2-13/h3,8H,1H2,(H,15,16). The Morgan fingerprint density at radius 1 is 1.69 bits per heavy atom. The number of rotatable bonds is 3. The number of pyridine rings is 1. The summed E-state index contributed by atoms with van der Waals surface area (Å²) in [6.07, 6.45) is -2.07. The molecule has 0 radical (unpaired) electrons. The minimum absolute atomic E-state index is 0.117. The van der Waals surface area contributed by atoms with E-state index in [1.807, 2.05) is 0 Å². The molecule has 0 bridgehead atoms. The lowest BCUT2D eigenvalue weighted by Gasteiger charge is -2.08. The zero-order chi connectivity index (χ0) is 12.3. The molecule has 0 unspecified atom stereocenters. The van der Waals surface area contributed by atoms with Crippen molar-refractivity contribution in [3.8, 4) is 6.07 Å². The van der Waals surface area contributed by atoms with Gasteiger partial charge < -0.3 is 5.11 Å². The Bertz CT molecular complexity index is 471. The van der Waals surface area contributed by atoms with Crippen molar-refractivity contribution in [3.05, 3.63) is 28.6 Å². The lowest BCUT2D eigenvalue weighted by Crippen LogP contribution is -2.10. The molecular weight excluding hydrogens is 242 g/mol. The van der Waals surface area contributed by atoms with Crippen LogP contribution >= 0.6 is 11.6 Å². The van der Waals surface area contributed by atoms with E-state index in [1.165, 1.54) is 0 Å².